The van der Waals surface area contributed by atoms with Crippen LogP contribution in [-0.2, 0) is 16.0 Å². The zero-order chi connectivity index (χ0) is 23.3. The Morgan fingerprint density at radius 3 is 2.73 bits per heavy atom. The highest BCUT2D eigenvalue weighted by Crippen LogP contribution is 2.40. The average molecular weight is 454 g/mol. The van der Waals surface area contributed by atoms with Crippen LogP contribution in [0.5, 0.6) is 0 Å². The Labute approximate surface area is 193 Å². The van der Waals surface area contributed by atoms with Crippen molar-refractivity contribution in [3.8, 4) is 5.82 Å². The lowest BCUT2D eigenvalue weighted by atomic mass is 10.1. The molecule has 2 aliphatic heterocycles. The number of pyridine rings is 1. The summed E-state index contributed by atoms with van der Waals surface area (Å²) < 4.78 is 12.7. The molecule has 0 spiro atoms. The standard InChI is InChI=1S/C24H31N5O4/c1-24(2,3)33-23(31)28-13-18(9-19(28)14-32-4)27-11-16-7-8-20(26-21(16)22(27)30)29-12-17(10-25-29)15-5-6-15/h7-8,10,12,15,18-19H,5-6,9,11,13-14H2,1-4H3/t18-,19+/m1/s1. The van der Waals surface area contributed by atoms with Gasteiger partial charge in [0.25, 0.3) is 5.91 Å². The number of nitrogens with zero attached hydrogens (tertiary/aromatic N) is 5. The zero-order valence-electron chi connectivity index (χ0n) is 19.7. The molecular formula is C24H31N5O4. The van der Waals surface area contributed by atoms with E-state index in [1.54, 1.807) is 16.7 Å². The molecule has 0 N–H and O–H groups in total. The van der Waals surface area contributed by atoms with Crippen molar-refractivity contribution in [1.29, 1.82) is 0 Å². The monoisotopic (exact) mass is 453 g/mol. The Bertz CT molecular complexity index is 1070. The molecule has 2 aromatic heterocycles. The number of hydrogen-bond donors (Lipinski definition) is 0. The molecule has 2 aromatic rings. The van der Waals surface area contributed by atoms with E-state index in [0.29, 0.717) is 43.5 Å². The molecule has 33 heavy (non-hydrogen) atoms. The van der Waals surface area contributed by atoms with E-state index in [0.717, 1.165) is 5.56 Å². The van der Waals surface area contributed by atoms with Crippen molar-refractivity contribution in [2.24, 2.45) is 0 Å². The summed E-state index contributed by atoms with van der Waals surface area (Å²) in [5.41, 5.74) is 2.01. The summed E-state index contributed by atoms with van der Waals surface area (Å²) in [4.78, 5) is 34.3. The van der Waals surface area contributed by atoms with Crippen LogP contribution in [0.3, 0.4) is 0 Å². The Hall–Kier alpha value is -2.94. The third-order valence-electron chi connectivity index (χ3n) is 6.47. The minimum Gasteiger partial charge on any atom is -0.444 e. The Balaban J connectivity index is 1.33. The fraction of sp³-hybridized carbons (Fsp3) is 0.583. The van der Waals surface area contributed by atoms with Gasteiger partial charge in [-0.05, 0) is 57.6 Å². The predicted octanol–water partition coefficient (Wildman–Crippen LogP) is 3.12. The van der Waals surface area contributed by atoms with Crippen LogP contribution in [0, 0.1) is 0 Å². The summed E-state index contributed by atoms with van der Waals surface area (Å²) in [5.74, 6) is 1.16. The number of carbonyl (C=O) groups excluding carboxylic acids is 2. The molecule has 3 aliphatic rings. The molecule has 0 unspecified atom stereocenters. The molecule has 176 valence electrons. The fourth-order valence-corrected chi connectivity index (χ4v) is 4.71. The highest BCUT2D eigenvalue weighted by atomic mass is 16.6. The molecule has 9 nitrogen and oxygen atoms in total. The largest absolute Gasteiger partial charge is 0.444 e. The van der Waals surface area contributed by atoms with E-state index in [9.17, 15) is 9.59 Å². The third kappa shape index (κ3) is 4.34. The van der Waals surface area contributed by atoms with Gasteiger partial charge in [-0.25, -0.2) is 14.5 Å². The van der Waals surface area contributed by atoms with Crippen molar-refractivity contribution in [2.75, 3.05) is 20.3 Å². The van der Waals surface area contributed by atoms with Gasteiger partial charge in [-0.2, -0.15) is 5.10 Å². The van der Waals surface area contributed by atoms with E-state index >= 15 is 0 Å². The Kier molecular flexibility index (Phi) is 5.39. The first-order valence-electron chi connectivity index (χ1n) is 11.6. The molecule has 4 heterocycles. The van der Waals surface area contributed by atoms with Gasteiger partial charge in [0, 0.05) is 32.0 Å². The maximum Gasteiger partial charge on any atom is 0.410 e. The third-order valence-corrected chi connectivity index (χ3v) is 6.47. The zero-order valence-corrected chi connectivity index (χ0v) is 19.7. The molecule has 2 amide bonds. The number of aromatic nitrogens is 3. The van der Waals surface area contributed by atoms with Crippen LogP contribution in [0.1, 0.15) is 67.6 Å². The quantitative estimate of drug-likeness (QED) is 0.691. The first-order chi connectivity index (χ1) is 15.7. The van der Waals surface area contributed by atoms with Gasteiger partial charge in [0.15, 0.2) is 5.82 Å². The number of carbonyl (C=O) groups is 2. The first kappa shape index (κ1) is 21.9. The summed E-state index contributed by atoms with van der Waals surface area (Å²) in [6.07, 6.45) is 6.59. The number of hydrogen-bond acceptors (Lipinski definition) is 6. The number of amides is 2. The second kappa shape index (κ2) is 8.13. The average Bonchev–Trinajstić information content (AvgIpc) is 3.19. The van der Waals surface area contributed by atoms with Gasteiger partial charge in [0.1, 0.15) is 11.3 Å². The highest BCUT2D eigenvalue weighted by molar-refractivity contribution is 5.97. The van der Waals surface area contributed by atoms with Crippen molar-refractivity contribution in [2.45, 2.75) is 70.2 Å². The van der Waals surface area contributed by atoms with Gasteiger partial charge in [0.2, 0.25) is 0 Å². The van der Waals surface area contributed by atoms with Crippen LogP contribution in [0.4, 0.5) is 4.79 Å². The summed E-state index contributed by atoms with van der Waals surface area (Å²) in [6.45, 7) is 6.85. The second-order valence-corrected chi connectivity index (χ2v) is 10.2. The van der Waals surface area contributed by atoms with Crippen molar-refractivity contribution in [1.82, 2.24) is 24.6 Å². The number of methoxy groups -OCH3 is 1. The van der Waals surface area contributed by atoms with E-state index in [-0.39, 0.29) is 24.1 Å². The van der Waals surface area contributed by atoms with Gasteiger partial charge in [0.05, 0.1) is 24.9 Å². The maximum atomic E-state index is 13.3. The molecule has 0 bridgehead atoms. The minimum atomic E-state index is -0.585. The van der Waals surface area contributed by atoms with Gasteiger partial charge in [-0.15, -0.1) is 0 Å². The molecule has 2 fully saturated rings. The van der Waals surface area contributed by atoms with Gasteiger partial charge in [-0.3, -0.25) is 4.79 Å². The summed E-state index contributed by atoms with van der Waals surface area (Å²) in [5, 5.41) is 4.44. The van der Waals surface area contributed by atoms with Gasteiger partial charge < -0.3 is 19.3 Å². The number of fused-ring (bicyclic) bond motifs is 1. The fourth-order valence-electron chi connectivity index (χ4n) is 4.71. The molecule has 5 rings (SSSR count). The lowest BCUT2D eigenvalue weighted by Crippen LogP contribution is -2.43. The van der Waals surface area contributed by atoms with Crippen molar-refractivity contribution in [3.63, 3.8) is 0 Å². The molecule has 1 saturated heterocycles. The van der Waals surface area contributed by atoms with Crippen molar-refractivity contribution >= 4 is 12.0 Å². The molecule has 1 aliphatic carbocycles. The van der Waals surface area contributed by atoms with Crippen LogP contribution < -0.4 is 0 Å². The molecule has 0 aromatic carbocycles. The van der Waals surface area contributed by atoms with Crippen LogP contribution in [0.2, 0.25) is 0 Å². The second-order valence-electron chi connectivity index (χ2n) is 10.2. The van der Waals surface area contributed by atoms with Crippen LogP contribution in [-0.4, -0.2) is 74.5 Å². The molecular weight excluding hydrogens is 422 g/mol. The summed E-state index contributed by atoms with van der Waals surface area (Å²) in [7, 11) is 1.62. The minimum absolute atomic E-state index is 0.103. The smallest absolute Gasteiger partial charge is 0.410 e. The number of rotatable bonds is 5. The first-order valence-corrected chi connectivity index (χ1v) is 11.6. The van der Waals surface area contributed by atoms with Gasteiger partial charge in [-0.1, -0.05) is 6.07 Å². The van der Waals surface area contributed by atoms with Crippen molar-refractivity contribution in [3.05, 3.63) is 41.3 Å². The highest BCUT2D eigenvalue weighted by Gasteiger charge is 2.44. The lowest BCUT2D eigenvalue weighted by molar-refractivity contribution is 0.0140. The number of ether oxygens (including phenoxy) is 2. The van der Waals surface area contributed by atoms with E-state index in [1.165, 1.54) is 18.4 Å². The number of likely N-dealkylation sites (tertiary alicyclic amines) is 1. The van der Waals surface area contributed by atoms with Crippen LogP contribution in [0.25, 0.3) is 5.82 Å². The summed E-state index contributed by atoms with van der Waals surface area (Å²) in [6, 6.07) is 3.62. The topological polar surface area (TPSA) is 89.8 Å². The predicted molar refractivity (Wildman–Crippen MR) is 120 cm³/mol. The van der Waals surface area contributed by atoms with E-state index in [4.69, 9.17) is 9.47 Å². The van der Waals surface area contributed by atoms with Crippen LogP contribution in [0.15, 0.2) is 24.5 Å². The van der Waals surface area contributed by atoms with Gasteiger partial charge >= 0.3 is 6.09 Å². The lowest BCUT2D eigenvalue weighted by Gasteiger charge is -2.28. The molecule has 2 atom stereocenters. The van der Waals surface area contributed by atoms with Crippen LogP contribution >= 0.6 is 0 Å². The van der Waals surface area contributed by atoms with Crippen molar-refractivity contribution < 1.29 is 19.1 Å². The Morgan fingerprint density at radius 1 is 1.24 bits per heavy atom. The van der Waals surface area contributed by atoms with E-state index in [1.807, 2.05) is 50.2 Å². The summed E-state index contributed by atoms with van der Waals surface area (Å²) >= 11 is 0. The SMILES string of the molecule is COC[C@@H]1C[C@@H](N2Cc3ccc(-n4cc(C5CC5)cn4)nc3C2=O)CN1C(=O)OC(C)(C)C. The maximum absolute atomic E-state index is 13.3. The molecule has 0 radical (unpaired) electrons. The van der Waals surface area contributed by atoms with E-state index < -0.39 is 5.60 Å². The molecule has 9 heteroatoms. The van der Waals surface area contributed by atoms with E-state index in [2.05, 4.69) is 10.1 Å². The molecule has 1 saturated carbocycles. The Morgan fingerprint density at radius 2 is 2.03 bits per heavy atom. The normalized spacial score (nSPS) is 22.7.